The van der Waals surface area contributed by atoms with Crippen LogP contribution in [0.4, 0.5) is 4.39 Å². The molecule has 1 atom stereocenters. The zero-order valence-electron chi connectivity index (χ0n) is 11.7. The lowest BCUT2D eigenvalue weighted by Gasteiger charge is -2.19. The van der Waals surface area contributed by atoms with E-state index in [0.29, 0.717) is 11.1 Å². The van der Waals surface area contributed by atoms with Crippen molar-refractivity contribution in [2.24, 2.45) is 0 Å². The van der Waals surface area contributed by atoms with Gasteiger partial charge in [-0.1, -0.05) is 25.1 Å². The molecule has 19 heavy (non-hydrogen) atoms. The van der Waals surface area contributed by atoms with Crippen LogP contribution in [0.2, 0.25) is 0 Å². The number of aromatic nitrogens is 2. The van der Waals surface area contributed by atoms with Crippen LogP contribution in [-0.4, -0.2) is 16.8 Å². The van der Waals surface area contributed by atoms with Gasteiger partial charge in [0.2, 0.25) is 0 Å². The fraction of sp³-hybridized carbons (Fsp3) is 0.400. The van der Waals surface area contributed by atoms with Gasteiger partial charge < -0.3 is 5.32 Å². The fourth-order valence-corrected chi connectivity index (χ4v) is 2.34. The Labute approximate surface area is 113 Å². The van der Waals surface area contributed by atoms with Gasteiger partial charge in [0.15, 0.2) is 0 Å². The molecular formula is C15H20FN3. The number of hydrogen-bond donors (Lipinski definition) is 1. The first kappa shape index (κ1) is 13.7. The van der Waals surface area contributed by atoms with Crippen molar-refractivity contribution in [2.75, 3.05) is 7.05 Å². The summed E-state index contributed by atoms with van der Waals surface area (Å²) in [4.78, 5) is 0. The molecule has 2 aromatic rings. The molecule has 0 amide bonds. The second-order valence-electron chi connectivity index (χ2n) is 4.68. The molecule has 1 N–H and O–H groups in total. The van der Waals surface area contributed by atoms with Gasteiger partial charge in [-0.25, -0.2) is 4.39 Å². The third-order valence-corrected chi connectivity index (χ3v) is 3.30. The molecule has 1 unspecified atom stereocenters. The maximum absolute atomic E-state index is 14.3. The summed E-state index contributed by atoms with van der Waals surface area (Å²) in [6.07, 6.45) is 2.77. The number of halogens is 1. The number of rotatable bonds is 5. The second-order valence-corrected chi connectivity index (χ2v) is 4.68. The molecule has 0 spiro atoms. The summed E-state index contributed by atoms with van der Waals surface area (Å²) in [5, 5.41) is 7.49. The smallest absolute Gasteiger partial charge is 0.131 e. The average Bonchev–Trinajstić information content (AvgIpc) is 2.84. The van der Waals surface area contributed by atoms with Gasteiger partial charge in [-0.3, -0.25) is 4.68 Å². The Morgan fingerprint density at radius 2 is 2.16 bits per heavy atom. The minimum absolute atomic E-state index is 0.147. The van der Waals surface area contributed by atoms with Gasteiger partial charge in [-0.05, 0) is 32.0 Å². The van der Waals surface area contributed by atoms with E-state index in [1.807, 2.05) is 29.9 Å². The molecular weight excluding hydrogens is 241 g/mol. The molecule has 0 saturated heterocycles. The van der Waals surface area contributed by atoms with Gasteiger partial charge in [-0.2, -0.15) is 5.10 Å². The third-order valence-electron chi connectivity index (χ3n) is 3.30. The molecule has 1 aromatic heterocycles. The van der Waals surface area contributed by atoms with E-state index in [4.69, 9.17) is 0 Å². The molecule has 0 radical (unpaired) electrons. The van der Waals surface area contributed by atoms with Crippen molar-refractivity contribution in [3.05, 3.63) is 53.1 Å². The number of nitrogens with one attached hydrogen (secondary N) is 1. The lowest BCUT2D eigenvalue weighted by molar-refractivity contribution is 0.514. The van der Waals surface area contributed by atoms with Crippen LogP contribution in [0, 0.1) is 12.7 Å². The predicted octanol–water partition coefficient (Wildman–Crippen LogP) is 3.05. The summed E-state index contributed by atoms with van der Waals surface area (Å²) < 4.78 is 16.2. The Hall–Kier alpha value is -1.68. The van der Waals surface area contributed by atoms with Crippen molar-refractivity contribution in [1.82, 2.24) is 15.1 Å². The summed E-state index contributed by atoms with van der Waals surface area (Å²) in [6.45, 7) is 4.73. The molecule has 102 valence electrons. The van der Waals surface area contributed by atoms with Crippen molar-refractivity contribution >= 4 is 0 Å². The molecule has 0 aliphatic rings. The van der Waals surface area contributed by atoms with Crippen LogP contribution in [-0.2, 0) is 6.54 Å². The van der Waals surface area contributed by atoms with Gasteiger partial charge >= 0.3 is 0 Å². The van der Waals surface area contributed by atoms with Crippen molar-refractivity contribution in [1.29, 1.82) is 0 Å². The minimum atomic E-state index is -0.172. The van der Waals surface area contributed by atoms with Gasteiger partial charge in [0.1, 0.15) is 5.82 Å². The maximum atomic E-state index is 14.3. The zero-order valence-corrected chi connectivity index (χ0v) is 11.7. The summed E-state index contributed by atoms with van der Waals surface area (Å²) >= 11 is 0. The average molecular weight is 261 g/mol. The molecule has 4 heteroatoms. The van der Waals surface area contributed by atoms with E-state index in [9.17, 15) is 4.39 Å². The van der Waals surface area contributed by atoms with E-state index < -0.39 is 0 Å². The van der Waals surface area contributed by atoms with Crippen molar-refractivity contribution in [3.63, 3.8) is 0 Å². The number of nitrogens with zero attached hydrogens (tertiary/aromatic N) is 2. The van der Waals surface area contributed by atoms with E-state index in [2.05, 4.69) is 17.3 Å². The van der Waals surface area contributed by atoms with Gasteiger partial charge in [0.05, 0.1) is 11.7 Å². The highest BCUT2D eigenvalue weighted by Crippen LogP contribution is 2.25. The van der Waals surface area contributed by atoms with Crippen molar-refractivity contribution in [2.45, 2.75) is 32.9 Å². The van der Waals surface area contributed by atoms with Crippen LogP contribution < -0.4 is 5.32 Å². The van der Waals surface area contributed by atoms with E-state index in [-0.39, 0.29) is 11.9 Å². The molecule has 0 aliphatic carbocycles. The standard InChI is InChI=1S/C15H20FN3/c1-4-10-19-13(8-9-18-19)15(17-3)12-7-5-6-11(2)14(12)16/h5-9,15,17H,4,10H2,1-3H3. The summed E-state index contributed by atoms with van der Waals surface area (Å²) in [5.74, 6) is -0.147. The summed E-state index contributed by atoms with van der Waals surface area (Å²) in [5.41, 5.74) is 2.33. The molecule has 1 aromatic carbocycles. The fourth-order valence-electron chi connectivity index (χ4n) is 2.34. The van der Waals surface area contributed by atoms with Gasteiger partial charge in [0, 0.05) is 18.3 Å². The van der Waals surface area contributed by atoms with E-state index in [0.717, 1.165) is 18.7 Å². The third kappa shape index (κ3) is 2.68. The van der Waals surface area contributed by atoms with Crippen LogP contribution in [0.25, 0.3) is 0 Å². The lowest BCUT2D eigenvalue weighted by atomic mass is 10.0. The quantitative estimate of drug-likeness (QED) is 0.896. The highest BCUT2D eigenvalue weighted by atomic mass is 19.1. The Kier molecular flexibility index (Phi) is 4.32. The normalized spacial score (nSPS) is 12.6. The van der Waals surface area contributed by atoms with Crippen LogP contribution in [0.5, 0.6) is 0 Å². The topological polar surface area (TPSA) is 29.9 Å². The number of benzene rings is 1. The Morgan fingerprint density at radius 3 is 2.84 bits per heavy atom. The van der Waals surface area contributed by atoms with Crippen LogP contribution in [0.3, 0.4) is 0 Å². The first-order valence-electron chi connectivity index (χ1n) is 6.63. The first-order chi connectivity index (χ1) is 9.19. The molecule has 0 bridgehead atoms. The summed E-state index contributed by atoms with van der Waals surface area (Å²) in [7, 11) is 1.84. The van der Waals surface area contributed by atoms with E-state index in [1.165, 1.54) is 0 Å². The van der Waals surface area contributed by atoms with Crippen LogP contribution >= 0.6 is 0 Å². The van der Waals surface area contributed by atoms with Crippen LogP contribution in [0.1, 0.15) is 36.2 Å². The monoisotopic (exact) mass is 261 g/mol. The molecule has 0 saturated carbocycles. The van der Waals surface area contributed by atoms with Crippen molar-refractivity contribution in [3.8, 4) is 0 Å². The summed E-state index contributed by atoms with van der Waals surface area (Å²) in [6, 6.07) is 7.27. The maximum Gasteiger partial charge on any atom is 0.131 e. The lowest BCUT2D eigenvalue weighted by Crippen LogP contribution is -2.23. The zero-order chi connectivity index (χ0) is 13.8. The van der Waals surface area contributed by atoms with Gasteiger partial charge in [-0.15, -0.1) is 0 Å². The predicted molar refractivity (Wildman–Crippen MR) is 74.6 cm³/mol. The second kappa shape index (κ2) is 5.97. The minimum Gasteiger partial charge on any atom is -0.308 e. The Bertz CT molecular complexity index is 548. The molecule has 0 fully saturated rings. The number of aryl methyl sites for hydroxylation is 2. The largest absolute Gasteiger partial charge is 0.308 e. The molecule has 0 aliphatic heterocycles. The molecule has 3 nitrogen and oxygen atoms in total. The Morgan fingerprint density at radius 1 is 1.37 bits per heavy atom. The van der Waals surface area contributed by atoms with E-state index >= 15 is 0 Å². The SMILES string of the molecule is CCCn1nccc1C(NC)c1cccc(C)c1F. The Balaban J connectivity index is 2.44. The molecule has 2 rings (SSSR count). The van der Waals surface area contributed by atoms with E-state index in [1.54, 1.807) is 19.2 Å². The number of hydrogen-bond acceptors (Lipinski definition) is 2. The molecule has 1 heterocycles. The highest BCUT2D eigenvalue weighted by Gasteiger charge is 2.20. The van der Waals surface area contributed by atoms with Gasteiger partial charge in [0.25, 0.3) is 0 Å². The highest BCUT2D eigenvalue weighted by molar-refractivity contribution is 5.32. The first-order valence-corrected chi connectivity index (χ1v) is 6.63. The van der Waals surface area contributed by atoms with Crippen LogP contribution in [0.15, 0.2) is 30.5 Å². The van der Waals surface area contributed by atoms with Crippen molar-refractivity contribution < 1.29 is 4.39 Å².